The molecule has 166 valence electrons. The van der Waals surface area contributed by atoms with Crippen molar-refractivity contribution in [1.82, 2.24) is 9.38 Å². The first-order valence-corrected chi connectivity index (χ1v) is 10.7. The number of fused-ring (bicyclic) bond motifs is 3. The van der Waals surface area contributed by atoms with Gasteiger partial charge >= 0.3 is 6.61 Å². The van der Waals surface area contributed by atoms with Gasteiger partial charge in [-0.3, -0.25) is 4.40 Å². The van der Waals surface area contributed by atoms with E-state index in [2.05, 4.69) is 16.9 Å². The lowest BCUT2D eigenvalue weighted by Crippen LogP contribution is -2.03. The molecule has 0 spiro atoms. The minimum absolute atomic E-state index is 0.0683. The Morgan fingerprint density at radius 1 is 0.941 bits per heavy atom. The van der Waals surface area contributed by atoms with Gasteiger partial charge in [-0.15, -0.1) is 0 Å². The number of aryl methyl sites for hydroxylation is 1. The van der Waals surface area contributed by atoms with Crippen LogP contribution in [0, 0.1) is 18.3 Å². The number of hydrogen-bond acceptors (Lipinski definition) is 3. The van der Waals surface area contributed by atoms with Crippen LogP contribution in [-0.2, 0) is 0 Å². The summed E-state index contributed by atoms with van der Waals surface area (Å²) in [4.78, 5) is 4.75. The van der Waals surface area contributed by atoms with Crippen molar-refractivity contribution in [2.24, 2.45) is 0 Å². The molecule has 2 aromatic heterocycles. The van der Waals surface area contributed by atoms with Gasteiger partial charge in [0.1, 0.15) is 17.4 Å². The summed E-state index contributed by atoms with van der Waals surface area (Å²) in [5.74, 6) is 0.0683. The maximum atomic E-state index is 12.8. The van der Waals surface area contributed by atoms with Gasteiger partial charge in [0, 0.05) is 5.56 Å². The van der Waals surface area contributed by atoms with E-state index in [1.165, 1.54) is 6.07 Å². The normalized spacial score (nSPS) is 11.5. The van der Waals surface area contributed by atoms with Gasteiger partial charge < -0.3 is 4.74 Å². The Hall–Kier alpha value is -4.50. The van der Waals surface area contributed by atoms with Crippen LogP contribution >= 0.6 is 0 Å². The van der Waals surface area contributed by atoms with E-state index < -0.39 is 6.61 Å². The molecule has 6 heteroatoms. The fraction of sp³-hybridized carbons (Fsp3) is 0.0714. The number of rotatable bonds is 5. The third kappa shape index (κ3) is 3.89. The van der Waals surface area contributed by atoms with Crippen molar-refractivity contribution >= 4 is 28.8 Å². The summed E-state index contributed by atoms with van der Waals surface area (Å²) in [7, 11) is 0. The number of imidazole rings is 1. The minimum atomic E-state index is -2.93. The van der Waals surface area contributed by atoms with Crippen LogP contribution < -0.4 is 4.74 Å². The molecule has 5 rings (SSSR count). The van der Waals surface area contributed by atoms with E-state index in [0.29, 0.717) is 22.3 Å². The summed E-state index contributed by atoms with van der Waals surface area (Å²) < 4.78 is 32.3. The van der Waals surface area contributed by atoms with Crippen LogP contribution in [0.1, 0.15) is 22.3 Å². The number of nitrogens with zero attached hydrogens (tertiary/aromatic N) is 3. The van der Waals surface area contributed by atoms with E-state index >= 15 is 0 Å². The van der Waals surface area contributed by atoms with Crippen LogP contribution in [0.4, 0.5) is 8.78 Å². The van der Waals surface area contributed by atoms with Gasteiger partial charge in [-0.1, -0.05) is 66.2 Å². The van der Waals surface area contributed by atoms with Crippen molar-refractivity contribution in [2.75, 3.05) is 0 Å². The van der Waals surface area contributed by atoms with Crippen molar-refractivity contribution in [1.29, 1.82) is 5.26 Å². The second-order valence-electron chi connectivity index (χ2n) is 7.85. The number of ether oxygens (including phenoxy) is 1. The Labute approximate surface area is 195 Å². The molecule has 0 atom stereocenters. The minimum Gasteiger partial charge on any atom is -0.434 e. The summed E-state index contributed by atoms with van der Waals surface area (Å²) in [5, 5.41) is 10.1. The Morgan fingerprint density at radius 3 is 2.50 bits per heavy atom. The van der Waals surface area contributed by atoms with Crippen molar-refractivity contribution < 1.29 is 13.5 Å². The van der Waals surface area contributed by atoms with Gasteiger partial charge in [0.2, 0.25) is 0 Å². The molecule has 0 fully saturated rings. The van der Waals surface area contributed by atoms with E-state index in [-0.39, 0.29) is 5.75 Å². The molecule has 2 heterocycles. The largest absolute Gasteiger partial charge is 0.434 e. The Morgan fingerprint density at radius 2 is 1.71 bits per heavy atom. The van der Waals surface area contributed by atoms with E-state index in [4.69, 9.17) is 4.98 Å². The van der Waals surface area contributed by atoms with Crippen molar-refractivity contribution in [2.45, 2.75) is 13.5 Å². The van der Waals surface area contributed by atoms with Crippen LogP contribution in [0.5, 0.6) is 5.75 Å². The third-order valence-electron chi connectivity index (χ3n) is 5.61. The van der Waals surface area contributed by atoms with Crippen LogP contribution in [0.25, 0.3) is 40.1 Å². The average Bonchev–Trinajstić information content (AvgIpc) is 3.22. The first-order chi connectivity index (χ1) is 16.5. The van der Waals surface area contributed by atoms with Gasteiger partial charge in [-0.05, 0) is 48.4 Å². The Bertz CT molecular complexity index is 1600. The zero-order valence-corrected chi connectivity index (χ0v) is 18.2. The van der Waals surface area contributed by atoms with Crippen LogP contribution in [0.3, 0.4) is 0 Å². The highest BCUT2D eigenvalue weighted by Crippen LogP contribution is 2.32. The Kier molecular flexibility index (Phi) is 5.52. The number of alkyl halides is 2. The first kappa shape index (κ1) is 21.4. The molecular formula is C28H19F2N3O. The molecule has 4 nitrogen and oxygen atoms in total. The molecule has 0 bridgehead atoms. The highest BCUT2D eigenvalue weighted by Gasteiger charge is 2.17. The summed E-state index contributed by atoms with van der Waals surface area (Å²) in [6.07, 6.45) is 3.41. The number of aromatic nitrogens is 2. The molecule has 0 aliphatic rings. The predicted octanol–water partition coefficient (Wildman–Crippen LogP) is 7.11. The fourth-order valence-corrected chi connectivity index (χ4v) is 4.11. The van der Waals surface area contributed by atoms with Crippen molar-refractivity contribution in [3.63, 3.8) is 0 Å². The van der Waals surface area contributed by atoms with Gasteiger partial charge in [0.05, 0.1) is 16.7 Å². The van der Waals surface area contributed by atoms with E-state index in [9.17, 15) is 14.0 Å². The number of hydrogen-bond donors (Lipinski definition) is 0. The maximum absolute atomic E-state index is 12.8. The number of para-hydroxylation sites is 3. The lowest BCUT2D eigenvalue weighted by molar-refractivity contribution is -0.0499. The standard InChI is InChI=1S/C28H19F2N3O/c1-18-7-6-9-21(15-18)25-16-20(14-13-19-8-2-5-12-26(19)34-28(29)30)22(17-31)27-32-23-10-3-4-11-24(23)33(25)27/h2-16,28H,1H3/b14-13+. The van der Waals surface area contributed by atoms with Crippen LogP contribution in [0.2, 0.25) is 0 Å². The summed E-state index contributed by atoms with van der Waals surface area (Å²) in [5.41, 5.74) is 6.70. The number of benzene rings is 3. The molecule has 3 aromatic carbocycles. The molecule has 0 N–H and O–H groups in total. The molecule has 5 aromatic rings. The molecule has 0 saturated carbocycles. The molecule has 0 aliphatic heterocycles. The zero-order chi connectivity index (χ0) is 23.7. The molecule has 0 amide bonds. The first-order valence-electron chi connectivity index (χ1n) is 10.7. The summed E-state index contributed by atoms with van der Waals surface area (Å²) in [6.45, 7) is -0.900. The highest BCUT2D eigenvalue weighted by molar-refractivity contribution is 5.89. The SMILES string of the molecule is Cc1cccc(-c2cc(/C=C/c3ccccc3OC(F)F)c(C#N)c3nc4ccccc4n23)c1. The molecule has 0 saturated heterocycles. The lowest BCUT2D eigenvalue weighted by Gasteiger charge is -2.12. The van der Waals surface area contributed by atoms with Crippen molar-refractivity contribution in [3.8, 4) is 23.1 Å². The Balaban J connectivity index is 1.76. The fourth-order valence-electron chi connectivity index (χ4n) is 4.11. The number of halogens is 2. The van der Waals surface area contributed by atoms with E-state index in [1.54, 1.807) is 30.4 Å². The van der Waals surface area contributed by atoms with Gasteiger partial charge in [-0.25, -0.2) is 4.98 Å². The smallest absolute Gasteiger partial charge is 0.387 e. The number of nitriles is 1. The van der Waals surface area contributed by atoms with E-state index in [0.717, 1.165) is 27.9 Å². The second kappa shape index (κ2) is 8.80. The third-order valence-corrected chi connectivity index (χ3v) is 5.61. The molecule has 0 aliphatic carbocycles. The van der Waals surface area contributed by atoms with E-state index in [1.807, 2.05) is 59.9 Å². The van der Waals surface area contributed by atoms with Crippen LogP contribution in [0.15, 0.2) is 78.9 Å². The average molecular weight is 451 g/mol. The zero-order valence-electron chi connectivity index (χ0n) is 18.2. The monoisotopic (exact) mass is 451 g/mol. The quantitative estimate of drug-likeness (QED) is 0.286. The maximum Gasteiger partial charge on any atom is 0.387 e. The predicted molar refractivity (Wildman–Crippen MR) is 130 cm³/mol. The highest BCUT2D eigenvalue weighted by atomic mass is 19.3. The summed E-state index contributed by atoms with van der Waals surface area (Å²) in [6, 6.07) is 26.6. The van der Waals surface area contributed by atoms with Gasteiger partial charge in [-0.2, -0.15) is 14.0 Å². The molecular weight excluding hydrogens is 432 g/mol. The van der Waals surface area contributed by atoms with Gasteiger partial charge in [0.25, 0.3) is 0 Å². The lowest BCUT2D eigenvalue weighted by atomic mass is 10.0. The topological polar surface area (TPSA) is 50.3 Å². The molecule has 0 unspecified atom stereocenters. The summed E-state index contributed by atoms with van der Waals surface area (Å²) >= 11 is 0. The molecule has 34 heavy (non-hydrogen) atoms. The van der Waals surface area contributed by atoms with Crippen LogP contribution in [-0.4, -0.2) is 16.0 Å². The second-order valence-corrected chi connectivity index (χ2v) is 7.85. The van der Waals surface area contributed by atoms with Crippen molar-refractivity contribution in [3.05, 3.63) is 101 Å². The molecule has 0 radical (unpaired) electrons. The van der Waals surface area contributed by atoms with Gasteiger partial charge in [0.15, 0.2) is 5.65 Å². The number of pyridine rings is 1.